The molecule has 20 heavy (non-hydrogen) atoms. The van der Waals surface area contributed by atoms with Gasteiger partial charge in [0.15, 0.2) is 0 Å². The first-order chi connectivity index (χ1) is 9.64. The molecule has 0 spiro atoms. The van der Waals surface area contributed by atoms with Gasteiger partial charge in [0.05, 0.1) is 12.5 Å². The lowest BCUT2D eigenvalue weighted by Crippen LogP contribution is -2.44. The number of esters is 1. The molecule has 2 aliphatic carbocycles. The van der Waals surface area contributed by atoms with Crippen molar-refractivity contribution in [3.8, 4) is 0 Å². The van der Waals surface area contributed by atoms with Crippen LogP contribution in [0.2, 0.25) is 0 Å². The summed E-state index contributed by atoms with van der Waals surface area (Å²) in [5.41, 5.74) is 9.04. The van der Waals surface area contributed by atoms with E-state index in [1.807, 2.05) is 12.2 Å². The predicted octanol–water partition coefficient (Wildman–Crippen LogP) is 2.09. The smallest absolute Gasteiger partial charge is 0.330 e. The number of carbonyl (C=O) groups is 2. The fourth-order valence-corrected chi connectivity index (χ4v) is 3.42. The third-order valence-electron chi connectivity index (χ3n) is 4.39. The van der Waals surface area contributed by atoms with Crippen molar-refractivity contribution in [2.45, 2.75) is 32.1 Å². The van der Waals surface area contributed by atoms with E-state index in [1.165, 1.54) is 13.2 Å². The Morgan fingerprint density at radius 3 is 3.00 bits per heavy atom. The first kappa shape index (κ1) is 14.4. The second-order valence-corrected chi connectivity index (χ2v) is 5.32. The monoisotopic (exact) mass is 274 g/mol. The van der Waals surface area contributed by atoms with Gasteiger partial charge in [0.25, 0.3) is 0 Å². The van der Waals surface area contributed by atoms with E-state index in [-0.39, 0.29) is 17.7 Å². The van der Waals surface area contributed by atoms with Gasteiger partial charge < -0.3 is 10.3 Å². The minimum Gasteiger partial charge on any atom is -0.466 e. The van der Waals surface area contributed by atoms with Gasteiger partial charge in [0.1, 0.15) is 0 Å². The molecular weight excluding hydrogens is 256 g/mol. The molecule has 0 bridgehead atoms. The van der Waals surface area contributed by atoms with Crippen LogP contribution in [0.1, 0.15) is 32.1 Å². The van der Waals surface area contributed by atoms with Gasteiger partial charge in [-0.3, -0.25) is 4.79 Å². The van der Waals surface area contributed by atoms with Crippen LogP contribution in [0.4, 0.5) is 0 Å². The van der Waals surface area contributed by atoms with E-state index in [0.717, 1.165) is 37.5 Å². The first-order valence-corrected chi connectivity index (χ1v) is 6.79. The summed E-state index contributed by atoms with van der Waals surface area (Å²) in [6, 6.07) is 0. The molecule has 0 unspecified atom stereocenters. The average Bonchev–Trinajstić information content (AvgIpc) is 2.47. The highest BCUT2D eigenvalue weighted by Gasteiger charge is 2.49. The maximum absolute atomic E-state index is 12.4. The summed E-state index contributed by atoms with van der Waals surface area (Å²) < 4.78 is 4.69. The van der Waals surface area contributed by atoms with Gasteiger partial charge in [-0.15, -0.1) is 0 Å². The highest BCUT2D eigenvalue weighted by atomic mass is 16.5. The van der Waals surface area contributed by atoms with Gasteiger partial charge in [-0.05, 0) is 38.0 Å². The molecule has 0 aromatic carbocycles. The minimum absolute atomic E-state index is 0.00847. The van der Waals surface area contributed by atoms with E-state index >= 15 is 0 Å². The van der Waals surface area contributed by atoms with Crippen molar-refractivity contribution in [3.05, 3.63) is 29.3 Å². The van der Waals surface area contributed by atoms with E-state index in [1.54, 1.807) is 0 Å². The molecule has 0 aliphatic heterocycles. The van der Waals surface area contributed by atoms with Crippen molar-refractivity contribution >= 4 is 18.0 Å². The Labute approximate surface area is 117 Å². The van der Waals surface area contributed by atoms with Crippen LogP contribution in [0.25, 0.3) is 5.53 Å². The van der Waals surface area contributed by atoms with Crippen molar-refractivity contribution < 1.29 is 19.1 Å². The first-order valence-electron chi connectivity index (χ1n) is 6.79. The number of fused-ring (bicyclic) bond motifs is 1. The Morgan fingerprint density at radius 1 is 1.50 bits per heavy atom. The average molecular weight is 274 g/mol. The van der Waals surface area contributed by atoms with E-state index in [2.05, 4.69) is 9.53 Å². The molecule has 0 heterocycles. The molecule has 0 amide bonds. The van der Waals surface area contributed by atoms with Crippen LogP contribution in [-0.4, -0.2) is 29.9 Å². The minimum atomic E-state index is -0.570. The number of carbonyl (C=O) groups excluding carboxylic acids is 2. The third-order valence-corrected chi connectivity index (χ3v) is 4.39. The maximum atomic E-state index is 12.4. The van der Waals surface area contributed by atoms with Gasteiger partial charge in [-0.25, -0.2) is 4.79 Å². The van der Waals surface area contributed by atoms with Crippen molar-refractivity contribution in [2.24, 2.45) is 11.3 Å². The zero-order chi connectivity index (χ0) is 14.6. The number of hydrogen-bond donors (Lipinski definition) is 0. The second-order valence-electron chi connectivity index (χ2n) is 5.32. The maximum Gasteiger partial charge on any atom is 0.330 e. The lowest BCUT2D eigenvalue weighted by Gasteiger charge is -2.44. The molecule has 0 saturated heterocycles. The Hall–Kier alpha value is -2.00. The zero-order valence-electron chi connectivity index (χ0n) is 11.5. The molecule has 5 heteroatoms. The number of rotatable bonds is 3. The summed E-state index contributed by atoms with van der Waals surface area (Å²) in [4.78, 5) is 26.7. The van der Waals surface area contributed by atoms with Crippen molar-refractivity contribution in [1.82, 2.24) is 0 Å². The fraction of sp³-hybridized carbons (Fsp3) is 0.533. The largest absolute Gasteiger partial charge is 0.466 e. The topological polar surface area (TPSA) is 79.8 Å². The van der Waals surface area contributed by atoms with Gasteiger partial charge in [-0.2, -0.15) is 4.79 Å². The number of ketones is 1. The molecular formula is C15H18N2O3. The van der Waals surface area contributed by atoms with Gasteiger partial charge >= 0.3 is 12.2 Å². The van der Waals surface area contributed by atoms with Gasteiger partial charge in [0, 0.05) is 6.08 Å². The Kier molecular flexibility index (Phi) is 4.30. The molecule has 1 saturated carbocycles. The Bertz CT molecular complexity index is 529. The fourth-order valence-electron chi connectivity index (χ4n) is 3.42. The summed E-state index contributed by atoms with van der Waals surface area (Å²) in [7, 11) is 1.35. The highest BCUT2D eigenvalue weighted by Crippen LogP contribution is 2.51. The van der Waals surface area contributed by atoms with Crippen LogP contribution in [0, 0.1) is 11.3 Å². The van der Waals surface area contributed by atoms with Crippen LogP contribution in [0.3, 0.4) is 0 Å². The van der Waals surface area contributed by atoms with E-state index in [4.69, 9.17) is 5.53 Å². The summed E-state index contributed by atoms with van der Waals surface area (Å²) in [6.45, 7) is 0. The van der Waals surface area contributed by atoms with Crippen molar-refractivity contribution in [2.75, 3.05) is 7.11 Å². The molecule has 1 fully saturated rings. The lowest BCUT2D eigenvalue weighted by molar-refractivity contribution is -0.135. The number of allylic oxidation sites excluding steroid dienone is 3. The summed E-state index contributed by atoms with van der Waals surface area (Å²) in [6.07, 6.45) is 10.3. The summed E-state index contributed by atoms with van der Waals surface area (Å²) >= 11 is 0. The Morgan fingerprint density at radius 2 is 2.30 bits per heavy atom. The molecule has 0 aromatic heterocycles. The van der Waals surface area contributed by atoms with Crippen LogP contribution in [0.15, 0.2) is 23.8 Å². The zero-order valence-corrected chi connectivity index (χ0v) is 11.5. The van der Waals surface area contributed by atoms with Crippen molar-refractivity contribution in [1.29, 1.82) is 0 Å². The number of ether oxygens (including phenoxy) is 1. The van der Waals surface area contributed by atoms with E-state index < -0.39 is 5.41 Å². The summed E-state index contributed by atoms with van der Waals surface area (Å²) in [5.74, 6) is -0.552. The van der Waals surface area contributed by atoms with Gasteiger partial charge in [0.2, 0.25) is 5.78 Å². The number of Topliss-reactive ketones (excluding diaryl/α,β-unsaturated/α-hetero) is 1. The predicted molar refractivity (Wildman–Crippen MR) is 72.9 cm³/mol. The highest BCUT2D eigenvalue weighted by molar-refractivity contribution is 6.28. The van der Waals surface area contributed by atoms with Gasteiger partial charge in [-0.1, -0.05) is 17.7 Å². The SMILES string of the molecule is COC(=O)/C=C1/CCC[C@@]2(C(=O)C=[N+]=[N-])CC=CC[C@H]12. The lowest BCUT2D eigenvalue weighted by atomic mass is 9.57. The Balaban J connectivity index is 2.41. The second kappa shape index (κ2) is 5.97. The molecule has 2 rings (SSSR count). The van der Waals surface area contributed by atoms with Crippen LogP contribution in [0.5, 0.6) is 0 Å². The number of nitrogens with zero attached hydrogens (tertiary/aromatic N) is 2. The molecule has 2 atom stereocenters. The van der Waals surface area contributed by atoms with Crippen LogP contribution >= 0.6 is 0 Å². The number of methoxy groups -OCH3 is 1. The molecule has 0 radical (unpaired) electrons. The summed E-state index contributed by atoms with van der Waals surface area (Å²) in [5, 5.41) is 0. The quantitative estimate of drug-likeness (QED) is 0.197. The molecule has 0 aromatic rings. The molecule has 106 valence electrons. The molecule has 5 nitrogen and oxygen atoms in total. The van der Waals surface area contributed by atoms with Crippen LogP contribution in [-0.2, 0) is 14.3 Å². The normalized spacial score (nSPS) is 30.2. The molecule has 0 N–H and O–H groups in total. The number of hydrogen-bond acceptors (Lipinski definition) is 3. The molecule has 2 aliphatic rings. The standard InChI is InChI=1S/C15H18N2O3/c1-20-14(19)9-11-5-4-8-15(13(18)10-17-16)7-3-2-6-12(11)15/h2-3,9-10,12H,4-8H2,1H3/b11-9-/t12-,15+/m1/s1. The van der Waals surface area contributed by atoms with Crippen LogP contribution < -0.4 is 0 Å². The third kappa shape index (κ3) is 2.49. The van der Waals surface area contributed by atoms with Crippen molar-refractivity contribution in [3.63, 3.8) is 0 Å². The van der Waals surface area contributed by atoms with E-state index in [0.29, 0.717) is 6.42 Å². The van der Waals surface area contributed by atoms with E-state index in [9.17, 15) is 9.59 Å².